The van der Waals surface area contributed by atoms with Crippen LogP contribution in [0.15, 0.2) is 42.5 Å². The lowest BCUT2D eigenvalue weighted by Crippen LogP contribution is -2.36. The molecule has 0 aromatic heterocycles. The van der Waals surface area contributed by atoms with Gasteiger partial charge >= 0.3 is 6.03 Å². The number of urea groups is 1. The molecule has 6 heteroatoms. The first-order valence-corrected chi connectivity index (χ1v) is 8.14. The highest BCUT2D eigenvalue weighted by Gasteiger charge is 2.04. The van der Waals surface area contributed by atoms with Crippen molar-refractivity contribution in [2.75, 3.05) is 6.54 Å². The van der Waals surface area contributed by atoms with Gasteiger partial charge in [0, 0.05) is 19.2 Å². The molecule has 0 saturated carbocycles. The minimum atomic E-state index is -0.622. The summed E-state index contributed by atoms with van der Waals surface area (Å²) in [6.45, 7) is 4.53. The number of ether oxygens (including phenoxy) is 1. The molecule has 0 spiro atoms. The number of rotatable bonds is 7. The molecule has 0 saturated heterocycles. The molecule has 0 aliphatic heterocycles. The predicted molar refractivity (Wildman–Crippen MR) is 92.5 cm³/mol. The average molecular weight is 348 g/mol. The van der Waals surface area contributed by atoms with Gasteiger partial charge in [0.15, 0.2) is 0 Å². The van der Waals surface area contributed by atoms with E-state index in [1.54, 1.807) is 0 Å². The summed E-state index contributed by atoms with van der Waals surface area (Å²) >= 11 is 0. The molecule has 0 atom stereocenters. The van der Waals surface area contributed by atoms with Crippen molar-refractivity contribution in [1.29, 1.82) is 0 Å². The van der Waals surface area contributed by atoms with Crippen LogP contribution in [0.1, 0.15) is 25.0 Å². The van der Waals surface area contributed by atoms with E-state index in [2.05, 4.69) is 10.6 Å². The van der Waals surface area contributed by atoms with Gasteiger partial charge in [-0.2, -0.15) is 0 Å². The number of hydrogen-bond acceptors (Lipinski definition) is 2. The molecule has 0 unspecified atom stereocenters. The van der Waals surface area contributed by atoms with Crippen molar-refractivity contribution in [2.24, 2.45) is 0 Å². The van der Waals surface area contributed by atoms with Crippen LogP contribution in [0.4, 0.5) is 13.6 Å². The summed E-state index contributed by atoms with van der Waals surface area (Å²) < 4.78 is 31.8. The highest BCUT2D eigenvalue weighted by molar-refractivity contribution is 5.73. The Morgan fingerprint density at radius 1 is 1.04 bits per heavy atom. The number of benzene rings is 2. The normalized spacial score (nSPS) is 10.6. The number of amides is 2. The second-order valence-corrected chi connectivity index (χ2v) is 5.95. The SMILES string of the molecule is CC(C)Oc1cccc(CNC(=O)NCCc2cc(F)cc(F)c2)c1. The minimum Gasteiger partial charge on any atom is -0.491 e. The first kappa shape index (κ1) is 18.7. The van der Waals surface area contributed by atoms with Gasteiger partial charge in [-0.25, -0.2) is 13.6 Å². The van der Waals surface area contributed by atoms with Gasteiger partial charge in [0.1, 0.15) is 17.4 Å². The molecule has 0 radical (unpaired) electrons. The van der Waals surface area contributed by atoms with Gasteiger partial charge in [-0.3, -0.25) is 0 Å². The molecule has 0 aliphatic carbocycles. The largest absolute Gasteiger partial charge is 0.491 e. The molecule has 0 aliphatic rings. The molecule has 2 aromatic rings. The summed E-state index contributed by atoms with van der Waals surface area (Å²) in [6, 6.07) is 10.5. The van der Waals surface area contributed by atoms with Crippen LogP contribution in [0.25, 0.3) is 0 Å². The van der Waals surface area contributed by atoms with Gasteiger partial charge in [0.25, 0.3) is 0 Å². The molecule has 2 rings (SSSR count). The lowest BCUT2D eigenvalue weighted by atomic mass is 10.1. The number of hydrogen-bond donors (Lipinski definition) is 2. The standard InChI is InChI=1S/C19H22F2N2O2/c1-13(2)25-18-5-3-4-15(10-18)12-23-19(24)22-7-6-14-8-16(20)11-17(21)9-14/h3-5,8-11,13H,6-7,12H2,1-2H3,(H2,22,23,24). The van der Waals surface area contributed by atoms with Crippen molar-refractivity contribution in [3.63, 3.8) is 0 Å². The smallest absolute Gasteiger partial charge is 0.315 e. The Bertz CT molecular complexity index is 700. The van der Waals surface area contributed by atoms with E-state index in [-0.39, 0.29) is 18.7 Å². The highest BCUT2D eigenvalue weighted by atomic mass is 19.1. The van der Waals surface area contributed by atoms with E-state index in [4.69, 9.17) is 4.74 Å². The first-order valence-electron chi connectivity index (χ1n) is 8.14. The maximum Gasteiger partial charge on any atom is 0.315 e. The zero-order valence-electron chi connectivity index (χ0n) is 14.3. The van der Waals surface area contributed by atoms with Crippen LogP contribution in [-0.4, -0.2) is 18.7 Å². The molecule has 2 N–H and O–H groups in total. The van der Waals surface area contributed by atoms with Crippen LogP contribution in [0.3, 0.4) is 0 Å². The molecular formula is C19H22F2N2O2. The molecule has 134 valence electrons. The Balaban J connectivity index is 1.75. The maximum absolute atomic E-state index is 13.1. The number of carbonyl (C=O) groups excluding carboxylic acids is 1. The Labute approximate surface area is 146 Å². The highest BCUT2D eigenvalue weighted by Crippen LogP contribution is 2.14. The number of nitrogens with one attached hydrogen (secondary N) is 2. The molecule has 2 aromatic carbocycles. The fourth-order valence-electron chi connectivity index (χ4n) is 2.32. The zero-order valence-corrected chi connectivity index (χ0v) is 14.3. The lowest BCUT2D eigenvalue weighted by molar-refractivity contribution is 0.239. The van der Waals surface area contributed by atoms with Gasteiger partial charge < -0.3 is 15.4 Å². The van der Waals surface area contributed by atoms with Crippen LogP contribution in [0.5, 0.6) is 5.75 Å². The van der Waals surface area contributed by atoms with E-state index >= 15 is 0 Å². The Morgan fingerprint density at radius 2 is 1.76 bits per heavy atom. The molecule has 0 heterocycles. The molecule has 4 nitrogen and oxygen atoms in total. The Kier molecular flexibility index (Phi) is 6.74. The van der Waals surface area contributed by atoms with E-state index in [1.165, 1.54) is 12.1 Å². The fraction of sp³-hybridized carbons (Fsp3) is 0.316. The third-order valence-corrected chi connectivity index (χ3v) is 3.34. The monoisotopic (exact) mass is 348 g/mol. The van der Waals surface area contributed by atoms with Crippen molar-refractivity contribution < 1.29 is 18.3 Å². The molecule has 0 fully saturated rings. The topological polar surface area (TPSA) is 50.4 Å². The van der Waals surface area contributed by atoms with Crippen molar-refractivity contribution in [1.82, 2.24) is 10.6 Å². The second kappa shape index (κ2) is 9.01. The predicted octanol–water partition coefficient (Wildman–Crippen LogP) is 3.79. The van der Waals surface area contributed by atoms with Gasteiger partial charge in [-0.05, 0) is 55.7 Å². The van der Waals surface area contributed by atoms with Crippen molar-refractivity contribution in [3.8, 4) is 5.75 Å². The van der Waals surface area contributed by atoms with Crippen LogP contribution in [0, 0.1) is 11.6 Å². The summed E-state index contributed by atoms with van der Waals surface area (Å²) in [5.74, 6) is -0.492. The van der Waals surface area contributed by atoms with Crippen molar-refractivity contribution in [3.05, 3.63) is 65.2 Å². The van der Waals surface area contributed by atoms with Gasteiger partial charge in [-0.15, -0.1) is 0 Å². The Morgan fingerprint density at radius 3 is 2.44 bits per heavy atom. The van der Waals surface area contributed by atoms with Crippen LogP contribution in [0.2, 0.25) is 0 Å². The molecule has 25 heavy (non-hydrogen) atoms. The summed E-state index contributed by atoms with van der Waals surface area (Å²) in [5, 5.41) is 5.40. The summed E-state index contributed by atoms with van der Waals surface area (Å²) in [5.41, 5.74) is 1.41. The Hall–Kier alpha value is -2.63. The third-order valence-electron chi connectivity index (χ3n) is 3.34. The van der Waals surface area contributed by atoms with E-state index in [0.29, 0.717) is 18.5 Å². The second-order valence-electron chi connectivity index (χ2n) is 5.95. The van der Waals surface area contributed by atoms with Crippen LogP contribution in [-0.2, 0) is 13.0 Å². The van der Waals surface area contributed by atoms with Gasteiger partial charge in [0.05, 0.1) is 6.10 Å². The van der Waals surface area contributed by atoms with E-state index in [1.807, 2.05) is 38.1 Å². The summed E-state index contributed by atoms with van der Waals surface area (Å²) in [6.07, 6.45) is 0.430. The van der Waals surface area contributed by atoms with Crippen molar-refractivity contribution in [2.45, 2.75) is 32.9 Å². The number of halogens is 2. The minimum absolute atomic E-state index is 0.0826. The molecule has 0 bridgehead atoms. The zero-order chi connectivity index (χ0) is 18.2. The van der Waals surface area contributed by atoms with Crippen LogP contribution < -0.4 is 15.4 Å². The van der Waals surface area contributed by atoms with Gasteiger partial charge in [-0.1, -0.05) is 12.1 Å². The lowest BCUT2D eigenvalue weighted by Gasteiger charge is -2.12. The molecular weight excluding hydrogens is 326 g/mol. The van der Waals surface area contributed by atoms with E-state index < -0.39 is 11.6 Å². The number of carbonyl (C=O) groups is 1. The van der Waals surface area contributed by atoms with Crippen LogP contribution >= 0.6 is 0 Å². The summed E-state index contributed by atoms with van der Waals surface area (Å²) in [7, 11) is 0. The molecule has 2 amide bonds. The van der Waals surface area contributed by atoms with Crippen molar-refractivity contribution >= 4 is 6.03 Å². The van der Waals surface area contributed by atoms with Gasteiger partial charge in [0.2, 0.25) is 0 Å². The van der Waals surface area contributed by atoms with E-state index in [9.17, 15) is 13.6 Å². The third kappa shape index (κ3) is 6.79. The van der Waals surface area contributed by atoms with E-state index in [0.717, 1.165) is 17.4 Å². The maximum atomic E-state index is 13.1. The summed E-state index contributed by atoms with van der Waals surface area (Å²) in [4.78, 5) is 11.8. The fourth-order valence-corrected chi connectivity index (χ4v) is 2.32. The first-order chi connectivity index (χ1) is 11.9. The quantitative estimate of drug-likeness (QED) is 0.800. The average Bonchev–Trinajstić information content (AvgIpc) is 2.52.